The van der Waals surface area contributed by atoms with Crippen LogP contribution in [0.2, 0.25) is 0 Å². The molecule has 5 aliphatic rings. The first-order valence-corrected chi connectivity index (χ1v) is 17.0. The van der Waals surface area contributed by atoms with Gasteiger partial charge in [-0.05, 0) is 121 Å². The molecule has 0 aliphatic heterocycles. The number of carbonyl (C=O) groups excluding carboxylic acids is 1. The fourth-order valence-corrected chi connectivity index (χ4v) is 11.8. The molecule has 4 saturated carbocycles. The smallest absolute Gasteiger partial charge is 0.331 e. The first-order chi connectivity index (χ1) is 20.9. The second kappa shape index (κ2) is 10.6. The predicted molar refractivity (Wildman–Crippen MR) is 173 cm³/mol. The number of rotatable bonds is 4. The first-order valence-electron chi connectivity index (χ1n) is 17.0. The van der Waals surface area contributed by atoms with Crippen LogP contribution >= 0.6 is 0 Å². The average Bonchev–Trinajstić information content (AvgIpc) is 3.29. The van der Waals surface area contributed by atoms with Crippen LogP contribution in [0.15, 0.2) is 35.9 Å². The minimum Gasteiger partial charge on any atom is -0.504 e. The molecule has 4 fully saturated rings. The zero-order chi connectivity index (χ0) is 32.8. The number of fused-ring (bicyclic) bond motifs is 5. The van der Waals surface area contributed by atoms with E-state index in [2.05, 4.69) is 40.7 Å². The molecule has 248 valence electrons. The lowest BCUT2D eigenvalue weighted by molar-refractivity contribution is -0.249. The van der Waals surface area contributed by atoms with Crippen LogP contribution in [0.3, 0.4) is 0 Å². The van der Waals surface area contributed by atoms with Gasteiger partial charge in [0.15, 0.2) is 11.5 Å². The molecule has 6 rings (SSSR count). The molecule has 0 saturated heterocycles. The van der Waals surface area contributed by atoms with E-state index in [1.165, 1.54) is 29.9 Å². The van der Waals surface area contributed by atoms with Gasteiger partial charge in [-0.25, -0.2) is 4.79 Å². The predicted octanol–water partition coefficient (Wildman–Crippen LogP) is 6.51. The van der Waals surface area contributed by atoms with Crippen LogP contribution in [0.4, 0.5) is 0 Å². The maximum Gasteiger partial charge on any atom is 0.331 e. The molecule has 0 unspecified atom stereocenters. The molecule has 0 amide bonds. The number of phenols is 2. The number of phenolic OH excluding ortho intramolecular Hbond substituents is 2. The van der Waals surface area contributed by atoms with Crippen molar-refractivity contribution in [3.63, 3.8) is 0 Å². The summed E-state index contributed by atoms with van der Waals surface area (Å²) in [6.45, 7) is 13.5. The third kappa shape index (κ3) is 4.73. The molecule has 0 aromatic heterocycles. The van der Waals surface area contributed by atoms with Gasteiger partial charge in [0.25, 0.3) is 0 Å². The van der Waals surface area contributed by atoms with Crippen molar-refractivity contribution in [1.29, 1.82) is 0 Å². The average molecular weight is 623 g/mol. The van der Waals surface area contributed by atoms with E-state index in [0.29, 0.717) is 12.0 Å². The fraction of sp³-hybridized carbons (Fsp3) is 0.711. The van der Waals surface area contributed by atoms with Crippen molar-refractivity contribution in [3.05, 3.63) is 41.5 Å². The van der Waals surface area contributed by atoms with E-state index in [0.717, 1.165) is 51.4 Å². The maximum absolute atomic E-state index is 13.0. The Morgan fingerprint density at radius 2 is 1.67 bits per heavy atom. The van der Waals surface area contributed by atoms with Crippen molar-refractivity contribution in [2.45, 2.75) is 118 Å². The van der Waals surface area contributed by atoms with Gasteiger partial charge < -0.3 is 30.3 Å². The zero-order valence-electron chi connectivity index (χ0n) is 28.0. The highest BCUT2D eigenvalue weighted by Crippen LogP contribution is 2.75. The van der Waals surface area contributed by atoms with Gasteiger partial charge in [0.1, 0.15) is 6.10 Å². The van der Waals surface area contributed by atoms with Gasteiger partial charge in [0, 0.05) is 16.9 Å². The number of benzene rings is 1. The van der Waals surface area contributed by atoms with E-state index < -0.39 is 29.7 Å². The zero-order valence-corrected chi connectivity index (χ0v) is 28.0. The topological polar surface area (TPSA) is 127 Å². The fourth-order valence-electron chi connectivity index (χ4n) is 11.8. The van der Waals surface area contributed by atoms with E-state index in [-0.39, 0.29) is 57.0 Å². The quantitative estimate of drug-likeness (QED) is 0.112. The number of ether oxygens (including phenoxy) is 1. The second-order valence-electron chi connectivity index (χ2n) is 17.3. The highest BCUT2D eigenvalue weighted by atomic mass is 16.6. The van der Waals surface area contributed by atoms with Crippen LogP contribution in [0.1, 0.15) is 105 Å². The molecule has 0 heterocycles. The Kier molecular flexibility index (Phi) is 7.66. The Balaban J connectivity index is 1.27. The number of aliphatic hydroxyl groups excluding tert-OH is 3. The lowest BCUT2D eigenvalue weighted by atomic mass is 9.34. The summed E-state index contributed by atoms with van der Waals surface area (Å²) in [5.41, 5.74) is 0.647. The van der Waals surface area contributed by atoms with Gasteiger partial charge >= 0.3 is 5.97 Å². The number of carbonyl (C=O) groups is 1. The van der Waals surface area contributed by atoms with E-state index in [9.17, 15) is 30.3 Å². The molecule has 5 aliphatic carbocycles. The summed E-state index contributed by atoms with van der Waals surface area (Å²) in [5.74, 6) is -0.883. The van der Waals surface area contributed by atoms with E-state index in [1.54, 1.807) is 6.07 Å². The molecule has 7 nitrogen and oxygen atoms in total. The summed E-state index contributed by atoms with van der Waals surface area (Å²) in [6.07, 6.45) is 11.4. The molecule has 1 spiro atoms. The van der Waals surface area contributed by atoms with Crippen LogP contribution in [0, 0.1) is 44.3 Å². The van der Waals surface area contributed by atoms with Gasteiger partial charge in [-0.1, -0.05) is 53.7 Å². The lowest BCUT2D eigenvalue weighted by Gasteiger charge is -2.71. The Labute approximate surface area is 268 Å². The molecule has 45 heavy (non-hydrogen) atoms. The lowest BCUT2D eigenvalue weighted by Crippen LogP contribution is -2.68. The molecule has 1 aromatic rings. The van der Waals surface area contributed by atoms with Gasteiger partial charge in [0.2, 0.25) is 0 Å². The van der Waals surface area contributed by atoms with Crippen molar-refractivity contribution < 1.29 is 35.1 Å². The number of esters is 1. The SMILES string of the molecule is CC1(C)CC[C@@]2(CC[C@]3(C)C(=CC[C@@H]4[C@@]5(C)C[C@@H](O)[C@H](OC(=O)C=Cc6ccc(O)c(O)c6)[C@@](C)(CO)[C@@H]5CC[C@]43C)[C@H]2O)C1. The van der Waals surface area contributed by atoms with Crippen LogP contribution in [0.25, 0.3) is 6.08 Å². The molecule has 7 heteroatoms. The van der Waals surface area contributed by atoms with E-state index in [1.807, 2.05) is 6.92 Å². The van der Waals surface area contributed by atoms with E-state index in [4.69, 9.17) is 4.74 Å². The minimum absolute atomic E-state index is 0.0240. The Bertz CT molecular complexity index is 1410. The van der Waals surface area contributed by atoms with Crippen LogP contribution in [-0.4, -0.2) is 56.4 Å². The van der Waals surface area contributed by atoms with Crippen molar-refractivity contribution in [2.24, 2.45) is 44.3 Å². The van der Waals surface area contributed by atoms with Gasteiger partial charge in [-0.15, -0.1) is 0 Å². The summed E-state index contributed by atoms with van der Waals surface area (Å²) >= 11 is 0. The van der Waals surface area contributed by atoms with E-state index >= 15 is 0 Å². The Morgan fingerprint density at radius 1 is 0.956 bits per heavy atom. The molecule has 5 N–H and O–H groups in total. The summed E-state index contributed by atoms with van der Waals surface area (Å²) in [7, 11) is 0. The van der Waals surface area contributed by atoms with Gasteiger partial charge in [0.05, 0.1) is 18.8 Å². The van der Waals surface area contributed by atoms with Crippen LogP contribution in [0.5, 0.6) is 11.5 Å². The highest BCUT2D eigenvalue weighted by Gasteiger charge is 2.70. The minimum atomic E-state index is -0.945. The molecular formula is C38H54O7. The van der Waals surface area contributed by atoms with Crippen molar-refractivity contribution in [1.82, 2.24) is 0 Å². The van der Waals surface area contributed by atoms with Crippen molar-refractivity contribution in [3.8, 4) is 11.5 Å². The van der Waals surface area contributed by atoms with Crippen molar-refractivity contribution in [2.75, 3.05) is 6.61 Å². The number of hydrogen-bond acceptors (Lipinski definition) is 7. The Morgan fingerprint density at radius 3 is 2.31 bits per heavy atom. The van der Waals surface area contributed by atoms with Crippen molar-refractivity contribution >= 4 is 12.0 Å². The second-order valence-corrected chi connectivity index (χ2v) is 17.3. The highest BCUT2D eigenvalue weighted by molar-refractivity contribution is 5.87. The molecule has 1 aromatic carbocycles. The summed E-state index contributed by atoms with van der Waals surface area (Å²) in [4.78, 5) is 13.0. The summed E-state index contributed by atoms with van der Waals surface area (Å²) in [6, 6.07) is 4.26. The third-order valence-electron chi connectivity index (χ3n) is 14.4. The molecule has 10 atom stereocenters. The summed E-state index contributed by atoms with van der Waals surface area (Å²) < 4.78 is 5.94. The molecule has 0 bridgehead atoms. The Hall–Kier alpha value is -2.35. The maximum atomic E-state index is 13.0. The standard InChI is InChI=1S/C38H54O7/c1-33(2)15-17-38(21-33)18-16-36(5)24(31(38)44)9-11-29-34(3)20-27(42)32(35(4,22-39)28(34)13-14-37(29,36)6)45-30(43)12-8-23-7-10-25(40)26(41)19-23/h7-10,12,19,27-29,31-32,39-42,44H,11,13-18,20-22H2,1-6H3/t27-,28-,29-,31-,32+,34+,35+,36-,37-,38-/m1/s1. The summed E-state index contributed by atoms with van der Waals surface area (Å²) in [5, 5.41) is 54.1. The van der Waals surface area contributed by atoms with Crippen LogP contribution in [-0.2, 0) is 9.53 Å². The largest absolute Gasteiger partial charge is 0.504 e. The third-order valence-corrected chi connectivity index (χ3v) is 14.4. The normalized spacial score (nSPS) is 45.4. The first kappa shape index (κ1) is 32.6. The van der Waals surface area contributed by atoms with Crippen LogP contribution < -0.4 is 0 Å². The van der Waals surface area contributed by atoms with Gasteiger partial charge in [-0.3, -0.25) is 0 Å². The number of hydrogen-bond donors (Lipinski definition) is 5. The monoisotopic (exact) mass is 622 g/mol. The number of allylic oxidation sites excluding steroid dienone is 1. The number of aliphatic hydroxyl groups is 3. The number of aromatic hydroxyl groups is 2. The van der Waals surface area contributed by atoms with Gasteiger partial charge in [-0.2, -0.15) is 0 Å². The molecular weight excluding hydrogens is 568 g/mol. The molecule has 0 radical (unpaired) electrons.